The van der Waals surface area contributed by atoms with Gasteiger partial charge in [-0.2, -0.15) is 0 Å². The number of benzene rings is 1. The van der Waals surface area contributed by atoms with Crippen molar-refractivity contribution >= 4 is 40.5 Å². The minimum absolute atomic E-state index is 0.0820. The third-order valence-electron chi connectivity index (χ3n) is 3.18. The zero-order valence-electron chi connectivity index (χ0n) is 12.6. The molecular formula is C15H19N3O2S. The summed E-state index contributed by atoms with van der Waals surface area (Å²) in [5.41, 5.74) is 0.807. The van der Waals surface area contributed by atoms with Crippen molar-refractivity contribution in [1.82, 2.24) is 5.32 Å². The lowest BCUT2D eigenvalue weighted by atomic mass is 9.95. The van der Waals surface area contributed by atoms with Crippen molar-refractivity contribution in [2.75, 3.05) is 10.2 Å². The van der Waals surface area contributed by atoms with E-state index in [0.717, 1.165) is 0 Å². The van der Waals surface area contributed by atoms with Gasteiger partial charge in [0.1, 0.15) is 6.04 Å². The predicted molar refractivity (Wildman–Crippen MR) is 87.2 cm³/mol. The Labute approximate surface area is 129 Å². The maximum absolute atomic E-state index is 12.1. The largest absolute Gasteiger partial charge is 0.350 e. The lowest BCUT2D eigenvalue weighted by Gasteiger charge is -2.19. The van der Waals surface area contributed by atoms with E-state index >= 15 is 0 Å². The summed E-state index contributed by atoms with van der Waals surface area (Å²) in [6, 6.07) is 6.77. The van der Waals surface area contributed by atoms with Gasteiger partial charge in [-0.3, -0.25) is 14.5 Å². The molecule has 0 saturated carbocycles. The highest BCUT2D eigenvalue weighted by Gasteiger charge is 2.33. The lowest BCUT2D eigenvalue weighted by Crippen LogP contribution is -2.31. The Hall–Kier alpha value is -1.95. The average Bonchev–Trinajstić information content (AvgIpc) is 2.62. The second kappa shape index (κ2) is 5.44. The molecule has 21 heavy (non-hydrogen) atoms. The van der Waals surface area contributed by atoms with Gasteiger partial charge in [-0.05, 0) is 37.3 Å². The van der Waals surface area contributed by atoms with Crippen LogP contribution >= 0.6 is 12.2 Å². The standard InChI is InChI=1S/C15H19N3O2S/c1-9-12(19)18(14(21)16-9)11-7-5-6-10(8-11)17-13(20)15(2,3)4/h5-9H,1-4H3,(H,16,21)(H,17,20)/t9-/m1/s1. The number of amides is 2. The molecule has 0 spiro atoms. The van der Waals surface area contributed by atoms with Crippen LogP contribution in [0.5, 0.6) is 0 Å². The van der Waals surface area contributed by atoms with E-state index in [2.05, 4.69) is 10.6 Å². The maximum Gasteiger partial charge on any atom is 0.255 e. The molecule has 2 rings (SSSR count). The summed E-state index contributed by atoms with van der Waals surface area (Å²) in [5, 5.41) is 6.15. The molecule has 1 aromatic rings. The molecule has 0 unspecified atom stereocenters. The summed E-state index contributed by atoms with van der Waals surface area (Å²) in [7, 11) is 0. The molecule has 1 aliphatic rings. The molecule has 0 aliphatic carbocycles. The van der Waals surface area contributed by atoms with E-state index in [1.54, 1.807) is 31.2 Å². The van der Waals surface area contributed by atoms with Crippen LogP contribution < -0.4 is 15.5 Å². The molecule has 1 atom stereocenters. The molecule has 2 amide bonds. The van der Waals surface area contributed by atoms with Crippen LogP contribution in [0, 0.1) is 5.41 Å². The quantitative estimate of drug-likeness (QED) is 0.823. The van der Waals surface area contributed by atoms with Crippen molar-refractivity contribution in [3.05, 3.63) is 24.3 Å². The van der Waals surface area contributed by atoms with E-state index < -0.39 is 5.41 Å². The lowest BCUT2D eigenvalue weighted by molar-refractivity contribution is -0.123. The van der Waals surface area contributed by atoms with E-state index in [4.69, 9.17) is 12.2 Å². The number of nitrogens with one attached hydrogen (secondary N) is 2. The first kappa shape index (κ1) is 15.4. The topological polar surface area (TPSA) is 61.4 Å². The minimum Gasteiger partial charge on any atom is -0.350 e. The van der Waals surface area contributed by atoms with Crippen LogP contribution in [-0.4, -0.2) is 23.0 Å². The van der Waals surface area contributed by atoms with Gasteiger partial charge in [0.2, 0.25) is 5.91 Å². The van der Waals surface area contributed by atoms with Crippen molar-refractivity contribution in [2.24, 2.45) is 5.41 Å². The molecule has 1 fully saturated rings. The highest BCUT2D eigenvalue weighted by Crippen LogP contribution is 2.24. The zero-order chi connectivity index (χ0) is 15.8. The first-order valence-electron chi connectivity index (χ1n) is 6.76. The van der Waals surface area contributed by atoms with Gasteiger partial charge in [0, 0.05) is 11.1 Å². The second-order valence-corrected chi connectivity index (χ2v) is 6.49. The number of anilines is 2. The molecule has 0 bridgehead atoms. The molecular weight excluding hydrogens is 286 g/mol. The van der Waals surface area contributed by atoms with Crippen LogP contribution in [0.15, 0.2) is 24.3 Å². The summed E-state index contributed by atoms with van der Waals surface area (Å²) < 4.78 is 0. The fourth-order valence-electron chi connectivity index (χ4n) is 1.89. The van der Waals surface area contributed by atoms with Gasteiger partial charge in [-0.25, -0.2) is 0 Å². The van der Waals surface area contributed by atoms with Crippen molar-refractivity contribution in [2.45, 2.75) is 33.7 Å². The van der Waals surface area contributed by atoms with Crippen molar-refractivity contribution < 1.29 is 9.59 Å². The van der Waals surface area contributed by atoms with E-state index in [-0.39, 0.29) is 17.9 Å². The van der Waals surface area contributed by atoms with Crippen LogP contribution in [-0.2, 0) is 9.59 Å². The van der Waals surface area contributed by atoms with Gasteiger partial charge in [-0.1, -0.05) is 26.8 Å². The summed E-state index contributed by atoms with van der Waals surface area (Å²) in [6.45, 7) is 7.30. The van der Waals surface area contributed by atoms with Gasteiger partial charge in [0.05, 0.1) is 5.69 Å². The maximum atomic E-state index is 12.1. The van der Waals surface area contributed by atoms with E-state index in [1.165, 1.54) is 4.90 Å². The number of thiocarbonyl (C=S) groups is 1. The molecule has 112 valence electrons. The molecule has 0 aromatic heterocycles. The molecule has 5 nitrogen and oxygen atoms in total. The Kier molecular flexibility index (Phi) is 4.00. The predicted octanol–water partition coefficient (Wildman–Crippen LogP) is 2.28. The number of nitrogens with zero attached hydrogens (tertiary/aromatic N) is 1. The van der Waals surface area contributed by atoms with Gasteiger partial charge < -0.3 is 10.6 Å². The molecule has 0 radical (unpaired) electrons. The van der Waals surface area contributed by atoms with Gasteiger partial charge >= 0.3 is 0 Å². The Bertz CT molecular complexity index is 607. The Balaban J connectivity index is 2.25. The summed E-state index contributed by atoms with van der Waals surface area (Å²) in [6.07, 6.45) is 0. The van der Waals surface area contributed by atoms with Crippen molar-refractivity contribution in [3.8, 4) is 0 Å². The Morgan fingerprint density at radius 3 is 2.57 bits per heavy atom. The van der Waals surface area contributed by atoms with E-state index in [0.29, 0.717) is 16.5 Å². The normalized spacial score (nSPS) is 18.7. The van der Waals surface area contributed by atoms with Crippen LogP contribution in [0.3, 0.4) is 0 Å². The van der Waals surface area contributed by atoms with E-state index in [1.807, 2.05) is 20.8 Å². The third kappa shape index (κ3) is 3.21. The van der Waals surface area contributed by atoms with Gasteiger partial charge in [0.15, 0.2) is 5.11 Å². The molecule has 1 saturated heterocycles. The summed E-state index contributed by atoms with van der Waals surface area (Å²) >= 11 is 5.17. The van der Waals surface area contributed by atoms with Crippen LogP contribution in [0.25, 0.3) is 0 Å². The molecule has 1 aromatic carbocycles. The average molecular weight is 305 g/mol. The number of carbonyl (C=O) groups is 2. The number of carbonyl (C=O) groups excluding carboxylic acids is 2. The molecule has 1 heterocycles. The summed E-state index contributed by atoms with van der Waals surface area (Å²) in [5.74, 6) is -0.180. The van der Waals surface area contributed by atoms with Crippen LogP contribution in [0.1, 0.15) is 27.7 Å². The van der Waals surface area contributed by atoms with Crippen molar-refractivity contribution in [1.29, 1.82) is 0 Å². The van der Waals surface area contributed by atoms with Crippen LogP contribution in [0.4, 0.5) is 11.4 Å². The molecule has 1 aliphatic heterocycles. The van der Waals surface area contributed by atoms with Gasteiger partial charge in [0.25, 0.3) is 5.91 Å². The van der Waals surface area contributed by atoms with Crippen LogP contribution in [0.2, 0.25) is 0 Å². The highest BCUT2D eigenvalue weighted by molar-refractivity contribution is 7.80. The van der Waals surface area contributed by atoms with E-state index in [9.17, 15) is 9.59 Å². The first-order chi connectivity index (χ1) is 9.70. The second-order valence-electron chi connectivity index (χ2n) is 6.10. The first-order valence-corrected chi connectivity index (χ1v) is 7.17. The fraction of sp³-hybridized carbons (Fsp3) is 0.400. The SMILES string of the molecule is C[C@H]1NC(=S)N(c2cccc(NC(=O)C(C)(C)C)c2)C1=O. The number of hydrogen-bond acceptors (Lipinski definition) is 3. The minimum atomic E-state index is -0.481. The Morgan fingerprint density at radius 1 is 1.38 bits per heavy atom. The smallest absolute Gasteiger partial charge is 0.255 e. The Morgan fingerprint density at radius 2 is 2.05 bits per heavy atom. The zero-order valence-corrected chi connectivity index (χ0v) is 13.4. The van der Waals surface area contributed by atoms with Gasteiger partial charge in [-0.15, -0.1) is 0 Å². The molecule has 6 heteroatoms. The third-order valence-corrected chi connectivity index (χ3v) is 3.48. The number of rotatable bonds is 2. The number of hydrogen-bond donors (Lipinski definition) is 2. The fourth-order valence-corrected chi connectivity index (χ4v) is 2.26. The molecule has 2 N–H and O–H groups in total. The van der Waals surface area contributed by atoms with Crippen molar-refractivity contribution in [3.63, 3.8) is 0 Å². The monoisotopic (exact) mass is 305 g/mol. The highest BCUT2D eigenvalue weighted by atomic mass is 32.1. The summed E-state index contributed by atoms with van der Waals surface area (Å²) in [4.78, 5) is 25.6.